The van der Waals surface area contributed by atoms with Crippen molar-refractivity contribution in [3.63, 3.8) is 0 Å². The summed E-state index contributed by atoms with van der Waals surface area (Å²) in [5.41, 5.74) is 2.04. The van der Waals surface area contributed by atoms with Crippen LogP contribution >= 0.6 is 0 Å². The number of amides is 1. The molecule has 0 atom stereocenters. The minimum absolute atomic E-state index is 0.0495. The van der Waals surface area contributed by atoms with Gasteiger partial charge in [0.1, 0.15) is 5.75 Å². The highest BCUT2D eigenvalue weighted by Crippen LogP contribution is 2.14. The number of aryl methyl sites for hydroxylation is 1. The number of hydrogen-bond donors (Lipinski definition) is 0. The fourth-order valence-corrected chi connectivity index (χ4v) is 4.24. The third-order valence-corrected chi connectivity index (χ3v) is 6.44. The van der Waals surface area contributed by atoms with Crippen LogP contribution in [-0.2, 0) is 21.2 Å². The van der Waals surface area contributed by atoms with Crippen LogP contribution in [-0.4, -0.2) is 56.3 Å². The van der Waals surface area contributed by atoms with E-state index in [1.165, 1.54) is 15.3 Å². The fourth-order valence-electron chi connectivity index (χ4n) is 3.06. The summed E-state index contributed by atoms with van der Waals surface area (Å²) in [5.74, 6) is 0.518. The second-order valence-electron chi connectivity index (χ2n) is 6.82. The van der Waals surface area contributed by atoms with E-state index in [9.17, 15) is 13.2 Å². The normalized spacial score (nSPS) is 15.6. The van der Waals surface area contributed by atoms with Crippen molar-refractivity contribution in [2.24, 2.45) is 0 Å². The van der Waals surface area contributed by atoms with Crippen LogP contribution in [0.2, 0.25) is 0 Å². The fraction of sp³-hybridized carbons (Fsp3) is 0.318. The molecule has 3 rings (SSSR count). The Morgan fingerprint density at radius 3 is 2.28 bits per heavy atom. The molecule has 29 heavy (non-hydrogen) atoms. The first kappa shape index (κ1) is 21.1. The molecule has 0 saturated carbocycles. The standard InChI is InChI=1S/C22H26N2O4S/c1-2-19-8-10-21(11-9-19)28-18-22(25)23-13-15-24(16-14-23)29(26,27)17-12-20-6-4-3-5-7-20/h3-12,17H,2,13-16,18H2,1H3/b17-12+. The molecule has 0 aliphatic carbocycles. The predicted molar refractivity (Wildman–Crippen MR) is 114 cm³/mol. The predicted octanol–water partition coefficient (Wildman–Crippen LogP) is 2.77. The molecular weight excluding hydrogens is 388 g/mol. The smallest absolute Gasteiger partial charge is 0.260 e. The van der Waals surface area contributed by atoms with Gasteiger partial charge in [-0.3, -0.25) is 4.79 Å². The van der Waals surface area contributed by atoms with Crippen molar-refractivity contribution in [3.8, 4) is 5.75 Å². The number of piperazine rings is 1. The highest BCUT2D eigenvalue weighted by molar-refractivity contribution is 7.92. The van der Waals surface area contributed by atoms with Gasteiger partial charge in [0.25, 0.3) is 5.91 Å². The molecule has 1 amide bonds. The molecule has 6 nitrogen and oxygen atoms in total. The average Bonchev–Trinajstić information content (AvgIpc) is 2.77. The van der Waals surface area contributed by atoms with Crippen LogP contribution in [0.1, 0.15) is 18.1 Å². The summed E-state index contributed by atoms with van der Waals surface area (Å²) < 4.78 is 32.0. The lowest BCUT2D eigenvalue weighted by atomic mass is 10.2. The molecule has 154 valence electrons. The first-order valence-corrected chi connectivity index (χ1v) is 11.2. The summed E-state index contributed by atoms with van der Waals surface area (Å²) in [5, 5.41) is 1.23. The summed E-state index contributed by atoms with van der Waals surface area (Å²) in [6.07, 6.45) is 2.54. The minimum Gasteiger partial charge on any atom is -0.484 e. The van der Waals surface area contributed by atoms with Crippen molar-refractivity contribution < 1.29 is 17.9 Å². The van der Waals surface area contributed by atoms with E-state index < -0.39 is 10.0 Å². The molecule has 0 unspecified atom stereocenters. The van der Waals surface area contributed by atoms with E-state index in [1.807, 2.05) is 54.6 Å². The molecule has 2 aromatic rings. The van der Waals surface area contributed by atoms with Crippen molar-refractivity contribution in [1.82, 2.24) is 9.21 Å². The molecule has 1 aliphatic heterocycles. The summed E-state index contributed by atoms with van der Waals surface area (Å²) >= 11 is 0. The zero-order valence-electron chi connectivity index (χ0n) is 16.5. The zero-order chi connectivity index (χ0) is 20.7. The highest BCUT2D eigenvalue weighted by atomic mass is 32.2. The van der Waals surface area contributed by atoms with Crippen molar-refractivity contribution >= 4 is 22.0 Å². The Hall–Kier alpha value is -2.64. The van der Waals surface area contributed by atoms with Gasteiger partial charge in [0.2, 0.25) is 10.0 Å². The summed E-state index contributed by atoms with van der Waals surface area (Å²) in [4.78, 5) is 14.0. The second-order valence-corrected chi connectivity index (χ2v) is 8.64. The number of sulfonamides is 1. The van der Waals surface area contributed by atoms with E-state index in [1.54, 1.807) is 11.0 Å². The van der Waals surface area contributed by atoms with Gasteiger partial charge in [0.15, 0.2) is 6.61 Å². The third kappa shape index (κ3) is 5.92. The molecule has 1 aliphatic rings. The topological polar surface area (TPSA) is 66.9 Å². The first-order chi connectivity index (χ1) is 14.0. The average molecular weight is 415 g/mol. The van der Waals surface area contributed by atoms with Gasteiger partial charge in [-0.25, -0.2) is 8.42 Å². The lowest BCUT2D eigenvalue weighted by Gasteiger charge is -2.33. The van der Waals surface area contributed by atoms with Crippen LogP contribution in [0.15, 0.2) is 60.0 Å². The number of carbonyl (C=O) groups is 1. The Morgan fingerprint density at radius 1 is 1.00 bits per heavy atom. The maximum atomic E-state index is 12.5. The van der Waals surface area contributed by atoms with Gasteiger partial charge in [0, 0.05) is 31.6 Å². The third-order valence-electron chi connectivity index (χ3n) is 4.88. The molecule has 7 heteroatoms. The van der Waals surface area contributed by atoms with Gasteiger partial charge in [0.05, 0.1) is 0 Å². The summed E-state index contributed by atoms with van der Waals surface area (Å²) in [6.45, 7) is 3.30. The van der Waals surface area contributed by atoms with Gasteiger partial charge >= 0.3 is 0 Å². The maximum absolute atomic E-state index is 12.5. The molecule has 0 bridgehead atoms. The van der Waals surface area contributed by atoms with E-state index in [2.05, 4.69) is 6.92 Å². The van der Waals surface area contributed by atoms with Gasteiger partial charge in [-0.05, 0) is 35.8 Å². The number of nitrogens with zero attached hydrogens (tertiary/aromatic N) is 2. The van der Waals surface area contributed by atoms with Crippen molar-refractivity contribution in [3.05, 3.63) is 71.1 Å². The van der Waals surface area contributed by atoms with Gasteiger partial charge in [-0.15, -0.1) is 0 Å². The lowest BCUT2D eigenvalue weighted by Crippen LogP contribution is -2.51. The van der Waals surface area contributed by atoms with Crippen LogP contribution in [0.25, 0.3) is 6.08 Å². The maximum Gasteiger partial charge on any atom is 0.260 e. The number of hydrogen-bond acceptors (Lipinski definition) is 4. The molecule has 1 saturated heterocycles. The largest absolute Gasteiger partial charge is 0.484 e. The number of carbonyl (C=O) groups excluding carboxylic acids is 1. The molecule has 1 heterocycles. The number of benzene rings is 2. The Morgan fingerprint density at radius 2 is 1.66 bits per heavy atom. The van der Waals surface area contributed by atoms with Crippen LogP contribution in [0.3, 0.4) is 0 Å². The van der Waals surface area contributed by atoms with Crippen LogP contribution in [0.5, 0.6) is 5.75 Å². The zero-order valence-corrected chi connectivity index (χ0v) is 17.3. The van der Waals surface area contributed by atoms with Crippen LogP contribution in [0, 0.1) is 0 Å². The summed E-state index contributed by atoms with van der Waals surface area (Å²) in [6, 6.07) is 17.0. The van der Waals surface area contributed by atoms with E-state index >= 15 is 0 Å². The highest BCUT2D eigenvalue weighted by Gasteiger charge is 2.27. The van der Waals surface area contributed by atoms with Crippen molar-refractivity contribution in [1.29, 1.82) is 0 Å². The Balaban J connectivity index is 1.48. The van der Waals surface area contributed by atoms with Crippen molar-refractivity contribution in [2.75, 3.05) is 32.8 Å². The molecule has 0 aromatic heterocycles. The Labute approximate surface area is 172 Å². The number of rotatable bonds is 7. The van der Waals surface area contributed by atoms with Gasteiger partial charge in [-0.2, -0.15) is 4.31 Å². The molecule has 2 aromatic carbocycles. The Bertz CT molecular complexity index is 933. The molecular formula is C22H26N2O4S. The van der Waals surface area contributed by atoms with E-state index in [4.69, 9.17) is 4.74 Å². The molecule has 0 radical (unpaired) electrons. The van der Waals surface area contributed by atoms with Crippen molar-refractivity contribution in [2.45, 2.75) is 13.3 Å². The summed E-state index contributed by atoms with van der Waals surface area (Å²) in [7, 11) is -3.51. The lowest BCUT2D eigenvalue weighted by molar-refractivity contribution is -0.134. The molecule has 1 fully saturated rings. The van der Waals surface area contributed by atoms with E-state index in [0.29, 0.717) is 18.8 Å². The van der Waals surface area contributed by atoms with Gasteiger partial charge < -0.3 is 9.64 Å². The minimum atomic E-state index is -3.51. The number of ether oxygens (including phenoxy) is 1. The SMILES string of the molecule is CCc1ccc(OCC(=O)N2CCN(S(=O)(=O)/C=C/c3ccccc3)CC2)cc1. The monoisotopic (exact) mass is 414 g/mol. The van der Waals surface area contributed by atoms with E-state index in [-0.39, 0.29) is 25.6 Å². The molecule has 0 N–H and O–H groups in total. The second kappa shape index (κ2) is 9.71. The quantitative estimate of drug-likeness (QED) is 0.699. The van der Waals surface area contributed by atoms with Gasteiger partial charge in [-0.1, -0.05) is 49.4 Å². The Kier molecular flexibility index (Phi) is 7.06. The molecule has 0 spiro atoms. The van der Waals surface area contributed by atoms with Crippen LogP contribution < -0.4 is 4.74 Å². The van der Waals surface area contributed by atoms with Crippen LogP contribution in [0.4, 0.5) is 0 Å². The first-order valence-electron chi connectivity index (χ1n) is 9.71. The van der Waals surface area contributed by atoms with E-state index in [0.717, 1.165) is 12.0 Å².